The minimum atomic E-state index is -0.944. The lowest BCUT2D eigenvalue weighted by atomic mass is 10.0. The average Bonchev–Trinajstić information content (AvgIpc) is 3.54. The number of hydrogen-bond donors (Lipinski definition) is 3. The van der Waals surface area contributed by atoms with Crippen molar-refractivity contribution >= 4 is 29.0 Å². The van der Waals surface area contributed by atoms with Gasteiger partial charge in [-0.2, -0.15) is 5.10 Å². The Labute approximate surface area is 219 Å². The summed E-state index contributed by atoms with van der Waals surface area (Å²) in [6, 6.07) is 12.9. The molecule has 1 amide bonds. The highest BCUT2D eigenvalue weighted by molar-refractivity contribution is 7.99. The summed E-state index contributed by atoms with van der Waals surface area (Å²) >= 11 is 1.22. The van der Waals surface area contributed by atoms with Crippen molar-refractivity contribution in [3.63, 3.8) is 0 Å². The number of nitrogens with one attached hydrogen (secondary N) is 2. The molecule has 0 spiro atoms. The summed E-state index contributed by atoms with van der Waals surface area (Å²) in [5.74, 6) is -0.362. The molecule has 0 saturated heterocycles. The normalized spacial score (nSPS) is 13.7. The van der Waals surface area contributed by atoms with Crippen molar-refractivity contribution in [2.45, 2.75) is 62.1 Å². The van der Waals surface area contributed by atoms with Gasteiger partial charge in [-0.3, -0.25) is 4.79 Å². The van der Waals surface area contributed by atoms with Crippen molar-refractivity contribution in [1.29, 1.82) is 0 Å². The number of aryl methyl sites for hydroxylation is 2. The molecule has 0 atom stereocenters. The third-order valence-electron chi connectivity index (χ3n) is 6.14. The predicted molar refractivity (Wildman–Crippen MR) is 144 cm³/mol. The maximum Gasteiger partial charge on any atom is 0.251 e. The van der Waals surface area contributed by atoms with Gasteiger partial charge in [0, 0.05) is 28.6 Å². The van der Waals surface area contributed by atoms with Gasteiger partial charge in [-0.1, -0.05) is 23.9 Å². The number of hydrogen-bond acceptors (Lipinski definition) is 6. The van der Waals surface area contributed by atoms with E-state index in [1.54, 1.807) is 30.6 Å². The van der Waals surface area contributed by atoms with Crippen molar-refractivity contribution in [2.75, 3.05) is 11.9 Å². The number of benzene rings is 2. The molecule has 37 heavy (non-hydrogen) atoms. The fraction of sp³-hybridized carbons (Fsp3) is 0.321. The van der Waals surface area contributed by atoms with Gasteiger partial charge in [0.1, 0.15) is 10.8 Å². The minimum absolute atomic E-state index is 0.0558. The van der Waals surface area contributed by atoms with Crippen LogP contribution in [0.1, 0.15) is 48.2 Å². The van der Waals surface area contributed by atoms with Gasteiger partial charge in [-0.15, -0.1) is 0 Å². The van der Waals surface area contributed by atoms with Crippen LogP contribution in [0.25, 0.3) is 16.9 Å². The number of carbonyl (C=O) groups excluding carboxylic acids is 1. The number of rotatable bonds is 8. The van der Waals surface area contributed by atoms with Crippen LogP contribution in [0, 0.1) is 19.7 Å². The van der Waals surface area contributed by atoms with E-state index in [1.807, 2.05) is 44.2 Å². The molecule has 9 heteroatoms. The van der Waals surface area contributed by atoms with E-state index in [0.717, 1.165) is 35.2 Å². The van der Waals surface area contributed by atoms with Gasteiger partial charge >= 0.3 is 0 Å². The first kappa shape index (κ1) is 25.2. The van der Waals surface area contributed by atoms with Crippen LogP contribution in [0.2, 0.25) is 0 Å². The van der Waals surface area contributed by atoms with Crippen LogP contribution in [-0.4, -0.2) is 43.8 Å². The standard InChI is InChI=1S/C28H30FN5O2S/c1-16-5-10-24(21(29)11-16)37-25-13-22(31-15-28(3,4)36)26-30-14-23(34(26)33-25)18-6-9-20(17(2)12-18)27(35)32-19-7-8-19/h5-6,9-14,19,31,36H,7-8,15H2,1-4H3,(H,32,35). The summed E-state index contributed by atoms with van der Waals surface area (Å²) in [7, 11) is 0. The highest BCUT2D eigenvalue weighted by Crippen LogP contribution is 2.33. The van der Waals surface area contributed by atoms with Gasteiger partial charge < -0.3 is 15.7 Å². The molecule has 1 fully saturated rings. The Morgan fingerprint density at radius 1 is 1.19 bits per heavy atom. The van der Waals surface area contributed by atoms with Crippen LogP contribution in [0.5, 0.6) is 0 Å². The smallest absolute Gasteiger partial charge is 0.251 e. The molecule has 2 aromatic heterocycles. The van der Waals surface area contributed by atoms with Crippen molar-refractivity contribution in [3.8, 4) is 11.3 Å². The highest BCUT2D eigenvalue weighted by atomic mass is 32.2. The average molecular weight is 520 g/mol. The maximum absolute atomic E-state index is 14.6. The van der Waals surface area contributed by atoms with E-state index in [4.69, 9.17) is 5.10 Å². The SMILES string of the molecule is Cc1ccc(Sc2cc(NCC(C)(C)O)c3ncc(-c4ccc(C(=O)NC5CC5)c(C)c4)n3n2)c(F)c1. The molecular formula is C28H30FN5O2S. The molecular weight excluding hydrogens is 489 g/mol. The van der Waals surface area contributed by atoms with Crippen LogP contribution in [0.4, 0.5) is 10.1 Å². The molecule has 0 aliphatic heterocycles. The third-order valence-corrected chi connectivity index (χ3v) is 7.10. The lowest BCUT2D eigenvalue weighted by Crippen LogP contribution is -2.29. The summed E-state index contributed by atoms with van der Waals surface area (Å²) in [5.41, 5.74) is 4.27. The molecule has 1 aliphatic rings. The Balaban J connectivity index is 1.54. The summed E-state index contributed by atoms with van der Waals surface area (Å²) < 4.78 is 16.3. The molecule has 2 heterocycles. The zero-order valence-corrected chi connectivity index (χ0v) is 22.1. The number of imidazole rings is 1. The zero-order chi connectivity index (χ0) is 26.3. The van der Waals surface area contributed by atoms with Crippen LogP contribution >= 0.6 is 11.8 Å². The quantitative estimate of drug-likeness (QED) is 0.290. The van der Waals surface area contributed by atoms with Crippen molar-refractivity contribution in [1.82, 2.24) is 19.9 Å². The predicted octanol–water partition coefficient (Wildman–Crippen LogP) is 5.38. The van der Waals surface area contributed by atoms with Gasteiger partial charge in [0.25, 0.3) is 5.91 Å². The van der Waals surface area contributed by atoms with Crippen molar-refractivity contribution < 1.29 is 14.3 Å². The molecule has 7 nitrogen and oxygen atoms in total. The van der Waals surface area contributed by atoms with E-state index in [-0.39, 0.29) is 11.7 Å². The van der Waals surface area contributed by atoms with E-state index in [9.17, 15) is 14.3 Å². The highest BCUT2D eigenvalue weighted by Gasteiger charge is 2.25. The summed E-state index contributed by atoms with van der Waals surface area (Å²) in [6.07, 6.45) is 3.80. The molecule has 0 unspecified atom stereocenters. The van der Waals surface area contributed by atoms with Gasteiger partial charge in [0.2, 0.25) is 0 Å². The number of fused-ring (bicyclic) bond motifs is 1. The first-order valence-corrected chi connectivity index (χ1v) is 13.1. The molecule has 192 valence electrons. The van der Waals surface area contributed by atoms with E-state index in [0.29, 0.717) is 39.4 Å². The molecule has 5 rings (SSSR count). The zero-order valence-electron chi connectivity index (χ0n) is 21.3. The van der Waals surface area contributed by atoms with Gasteiger partial charge in [0.15, 0.2) is 5.65 Å². The molecule has 0 radical (unpaired) electrons. The Morgan fingerprint density at radius 2 is 1.97 bits per heavy atom. The number of aromatic nitrogens is 3. The van der Waals surface area contributed by atoms with Gasteiger partial charge in [0.05, 0.1) is 23.2 Å². The number of nitrogens with zero attached hydrogens (tertiary/aromatic N) is 3. The Hall–Kier alpha value is -3.43. The number of anilines is 1. The van der Waals surface area contributed by atoms with E-state index < -0.39 is 5.60 Å². The van der Waals surface area contributed by atoms with E-state index >= 15 is 0 Å². The van der Waals surface area contributed by atoms with Crippen molar-refractivity contribution in [2.24, 2.45) is 0 Å². The molecule has 3 N–H and O–H groups in total. The number of aliphatic hydroxyl groups is 1. The monoisotopic (exact) mass is 519 g/mol. The number of halogens is 1. The second kappa shape index (κ2) is 9.79. The second-order valence-electron chi connectivity index (χ2n) is 10.3. The van der Waals surface area contributed by atoms with E-state index in [1.165, 1.54) is 17.8 Å². The lowest BCUT2D eigenvalue weighted by Gasteiger charge is -2.19. The van der Waals surface area contributed by atoms with Crippen LogP contribution < -0.4 is 10.6 Å². The summed E-state index contributed by atoms with van der Waals surface area (Å²) in [5, 5.41) is 21.9. The number of carbonyl (C=O) groups is 1. The van der Waals surface area contributed by atoms with Crippen LogP contribution in [-0.2, 0) is 0 Å². The Kier molecular flexibility index (Phi) is 6.68. The molecule has 1 saturated carbocycles. The first-order chi connectivity index (χ1) is 17.6. The Bertz CT molecular complexity index is 1490. The topological polar surface area (TPSA) is 91.5 Å². The third kappa shape index (κ3) is 5.78. The van der Waals surface area contributed by atoms with Gasteiger partial charge in [-0.25, -0.2) is 13.9 Å². The van der Waals surface area contributed by atoms with E-state index in [2.05, 4.69) is 15.6 Å². The molecule has 4 aromatic rings. The van der Waals surface area contributed by atoms with Crippen LogP contribution in [0.15, 0.2) is 58.6 Å². The maximum atomic E-state index is 14.6. The fourth-order valence-electron chi connectivity index (χ4n) is 4.00. The first-order valence-electron chi connectivity index (χ1n) is 12.3. The van der Waals surface area contributed by atoms with Gasteiger partial charge in [-0.05, 0) is 82.0 Å². The molecule has 0 bridgehead atoms. The second-order valence-corrected chi connectivity index (χ2v) is 11.3. The van der Waals surface area contributed by atoms with Crippen LogP contribution in [0.3, 0.4) is 0 Å². The number of amides is 1. The summed E-state index contributed by atoms with van der Waals surface area (Å²) in [4.78, 5) is 17.7. The van der Waals surface area contributed by atoms with Crippen molar-refractivity contribution in [3.05, 3.63) is 71.2 Å². The minimum Gasteiger partial charge on any atom is -0.389 e. The molecule has 2 aromatic carbocycles. The largest absolute Gasteiger partial charge is 0.389 e. The fourth-order valence-corrected chi connectivity index (χ4v) is 4.82. The lowest BCUT2D eigenvalue weighted by molar-refractivity contribution is 0.0940. The Morgan fingerprint density at radius 3 is 2.65 bits per heavy atom. The molecule has 1 aliphatic carbocycles. The summed E-state index contributed by atoms with van der Waals surface area (Å²) in [6.45, 7) is 7.50.